The van der Waals surface area contributed by atoms with Crippen molar-refractivity contribution in [2.24, 2.45) is 0 Å². The minimum Gasteiger partial charge on any atom is -0.379 e. The second kappa shape index (κ2) is 6.58. The van der Waals surface area contributed by atoms with Gasteiger partial charge in [0.15, 0.2) is 0 Å². The molecule has 2 aromatic carbocycles. The fourth-order valence-electron chi connectivity index (χ4n) is 4.11. The summed E-state index contributed by atoms with van der Waals surface area (Å²) < 4.78 is 15.6. The maximum Gasteiger partial charge on any atom is 0.123 e. The fourth-order valence-corrected chi connectivity index (χ4v) is 4.11. The van der Waals surface area contributed by atoms with E-state index in [9.17, 15) is 4.39 Å². The smallest absolute Gasteiger partial charge is 0.123 e. The van der Waals surface area contributed by atoms with E-state index in [0.29, 0.717) is 0 Å². The average molecular weight is 356 g/mol. The summed E-state index contributed by atoms with van der Waals surface area (Å²) in [5.41, 5.74) is 5.89. The van der Waals surface area contributed by atoms with Gasteiger partial charge in [0.25, 0.3) is 0 Å². The van der Waals surface area contributed by atoms with Crippen molar-refractivity contribution in [1.82, 2.24) is 9.88 Å². The number of allylic oxidation sites excluding steroid dienone is 3. The minimum absolute atomic E-state index is 0.210. The molecule has 2 nitrogen and oxygen atoms in total. The summed E-state index contributed by atoms with van der Waals surface area (Å²) in [6.45, 7) is 0. The van der Waals surface area contributed by atoms with E-state index < -0.39 is 0 Å². The topological polar surface area (TPSA) is 17.0 Å². The first kappa shape index (κ1) is 16.1. The number of rotatable bonds is 3. The van der Waals surface area contributed by atoms with Crippen molar-refractivity contribution < 1.29 is 4.39 Å². The number of fused-ring (bicyclic) bond motifs is 3. The summed E-state index contributed by atoms with van der Waals surface area (Å²) >= 11 is 0. The van der Waals surface area contributed by atoms with E-state index in [0.717, 1.165) is 30.5 Å². The zero-order valence-corrected chi connectivity index (χ0v) is 15.0. The molecule has 3 aromatic rings. The molecule has 1 aromatic heterocycles. The summed E-state index contributed by atoms with van der Waals surface area (Å²) in [5, 5.41) is 4.91. The second-order valence-corrected chi connectivity index (χ2v) is 7.15. The lowest BCUT2D eigenvalue weighted by Crippen LogP contribution is -2.30. The fraction of sp³-hybridized carbons (Fsp3) is 0.167. The van der Waals surface area contributed by atoms with Gasteiger partial charge in [0.05, 0.1) is 5.52 Å². The minimum atomic E-state index is -0.210. The van der Waals surface area contributed by atoms with E-state index >= 15 is 0 Å². The van der Waals surface area contributed by atoms with Crippen molar-refractivity contribution >= 4 is 17.0 Å². The van der Waals surface area contributed by atoms with Crippen LogP contribution >= 0.6 is 0 Å². The number of nitrogens with one attached hydrogen (secondary N) is 1. The van der Waals surface area contributed by atoms with Crippen molar-refractivity contribution in [1.29, 1.82) is 0 Å². The normalized spacial score (nSPS) is 18.4. The first-order chi connectivity index (χ1) is 13.3. The van der Waals surface area contributed by atoms with Crippen LogP contribution in [0.4, 0.5) is 4.39 Å². The van der Waals surface area contributed by atoms with Crippen molar-refractivity contribution in [3.8, 4) is 5.69 Å². The van der Waals surface area contributed by atoms with Gasteiger partial charge in [0.1, 0.15) is 5.82 Å². The van der Waals surface area contributed by atoms with Gasteiger partial charge in [-0.15, -0.1) is 0 Å². The molecule has 1 N–H and O–H groups in total. The molecule has 0 amide bonds. The zero-order chi connectivity index (χ0) is 18.2. The highest BCUT2D eigenvalue weighted by atomic mass is 19.1. The molecule has 27 heavy (non-hydrogen) atoms. The van der Waals surface area contributed by atoms with Crippen LogP contribution in [0.3, 0.4) is 0 Å². The van der Waals surface area contributed by atoms with E-state index in [-0.39, 0.29) is 11.9 Å². The largest absolute Gasteiger partial charge is 0.379 e. The Bertz CT molecular complexity index is 1080. The third kappa shape index (κ3) is 2.89. The van der Waals surface area contributed by atoms with Gasteiger partial charge in [0.2, 0.25) is 0 Å². The van der Waals surface area contributed by atoms with Crippen molar-refractivity contribution in [2.75, 3.05) is 0 Å². The molecular formula is C24H21FN2. The maximum absolute atomic E-state index is 13.4. The van der Waals surface area contributed by atoms with E-state index in [1.165, 1.54) is 34.5 Å². The maximum atomic E-state index is 13.4. The molecule has 5 rings (SSSR count). The molecule has 0 aliphatic heterocycles. The van der Waals surface area contributed by atoms with Gasteiger partial charge in [-0.3, -0.25) is 0 Å². The van der Waals surface area contributed by atoms with Crippen LogP contribution in [0.1, 0.15) is 24.1 Å². The second-order valence-electron chi connectivity index (χ2n) is 7.15. The van der Waals surface area contributed by atoms with Crippen molar-refractivity contribution in [2.45, 2.75) is 25.3 Å². The van der Waals surface area contributed by atoms with Gasteiger partial charge in [-0.05, 0) is 67.3 Å². The predicted octanol–water partition coefficient (Wildman–Crippen LogP) is 5.53. The summed E-state index contributed by atoms with van der Waals surface area (Å²) in [4.78, 5) is 0. The standard InChI is InChI=1S/C24H21FN2/c25-17-10-13-20(14-11-17)27-23-9-5-4-8-21(23)22-16-19(12-15-24(22)27)26-18-6-2-1-3-7-18/h2,4-15,19,26H,1,3,16H2. The molecule has 1 atom stereocenters. The molecule has 2 aliphatic carbocycles. The van der Waals surface area contributed by atoms with Gasteiger partial charge in [-0.25, -0.2) is 4.39 Å². The van der Waals surface area contributed by atoms with Gasteiger partial charge in [-0.1, -0.05) is 36.4 Å². The number of benzene rings is 2. The third-order valence-electron chi connectivity index (χ3n) is 5.36. The molecule has 0 saturated carbocycles. The highest BCUT2D eigenvalue weighted by Crippen LogP contribution is 2.34. The Balaban J connectivity index is 1.58. The lowest BCUT2D eigenvalue weighted by atomic mass is 9.96. The van der Waals surface area contributed by atoms with Crippen LogP contribution in [0.15, 0.2) is 78.5 Å². The molecule has 0 radical (unpaired) electrons. The van der Waals surface area contributed by atoms with Gasteiger partial charge >= 0.3 is 0 Å². The quantitative estimate of drug-likeness (QED) is 0.653. The van der Waals surface area contributed by atoms with Crippen LogP contribution in [0.25, 0.3) is 22.7 Å². The Hall–Kier alpha value is -3.07. The molecule has 3 heteroatoms. The third-order valence-corrected chi connectivity index (χ3v) is 5.36. The van der Waals surface area contributed by atoms with Crippen molar-refractivity contribution in [3.63, 3.8) is 0 Å². The zero-order valence-electron chi connectivity index (χ0n) is 15.0. The number of nitrogens with zero attached hydrogens (tertiary/aromatic N) is 1. The molecule has 2 aliphatic rings. The van der Waals surface area contributed by atoms with Crippen LogP contribution in [-0.2, 0) is 6.42 Å². The van der Waals surface area contributed by atoms with Gasteiger partial charge in [0, 0.05) is 28.5 Å². The first-order valence-electron chi connectivity index (χ1n) is 9.49. The van der Waals surface area contributed by atoms with Crippen LogP contribution < -0.4 is 5.32 Å². The predicted molar refractivity (Wildman–Crippen MR) is 109 cm³/mol. The molecule has 0 bridgehead atoms. The van der Waals surface area contributed by atoms with Crippen LogP contribution in [0.2, 0.25) is 0 Å². The summed E-state index contributed by atoms with van der Waals surface area (Å²) in [7, 11) is 0. The average Bonchev–Trinajstić information content (AvgIpc) is 3.03. The van der Waals surface area contributed by atoms with E-state index in [2.05, 4.69) is 64.5 Å². The molecule has 0 saturated heterocycles. The lowest BCUT2D eigenvalue weighted by Gasteiger charge is -2.22. The Morgan fingerprint density at radius 2 is 1.81 bits per heavy atom. The van der Waals surface area contributed by atoms with Crippen LogP contribution in [-0.4, -0.2) is 10.6 Å². The molecule has 0 spiro atoms. The molecule has 0 fully saturated rings. The SMILES string of the molecule is Fc1ccc(-n2c3c(c4ccccc42)CC(NC2=CCCC=C2)C=C3)cc1. The summed E-state index contributed by atoms with van der Waals surface area (Å²) in [5.74, 6) is -0.210. The van der Waals surface area contributed by atoms with E-state index in [1.54, 1.807) is 0 Å². The Labute approximate surface area is 158 Å². The van der Waals surface area contributed by atoms with Gasteiger partial charge < -0.3 is 9.88 Å². The molecule has 1 heterocycles. The summed E-state index contributed by atoms with van der Waals surface area (Å²) in [6.07, 6.45) is 14.3. The highest BCUT2D eigenvalue weighted by Gasteiger charge is 2.22. The van der Waals surface area contributed by atoms with E-state index in [4.69, 9.17) is 0 Å². The van der Waals surface area contributed by atoms with Crippen molar-refractivity contribution in [3.05, 3.63) is 95.6 Å². The lowest BCUT2D eigenvalue weighted by molar-refractivity contribution is 0.627. The van der Waals surface area contributed by atoms with E-state index in [1.807, 2.05) is 12.1 Å². The van der Waals surface area contributed by atoms with Gasteiger partial charge in [-0.2, -0.15) is 0 Å². The van der Waals surface area contributed by atoms with Crippen LogP contribution in [0.5, 0.6) is 0 Å². The molecule has 1 unspecified atom stereocenters. The number of aromatic nitrogens is 1. The summed E-state index contributed by atoms with van der Waals surface area (Å²) in [6, 6.07) is 15.5. The number of para-hydroxylation sites is 1. The number of hydrogen-bond donors (Lipinski definition) is 1. The number of hydrogen-bond acceptors (Lipinski definition) is 1. The highest BCUT2D eigenvalue weighted by molar-refractivity contribution is 5.90. The van der Waals surface area contributed by atoms with Crippen LogP contribution in [0, 0.1) is 5.82 Å². The Morgan fingerprint density at radius 3 is 2.63 bits per heavy atom. The first-order valence-corrected chi connectivity index (χ1v) is 9.49. The molecular weight excluding hydrogens is 335 g/mol. The Morgan fingerprint density at radius 1 is 0.963 bits per heavy atom. The monoisotopic (exact) mass is 356 g/mol. The Kier molecular flexibility index (Phi) is 3.93. The number of halogens is 1. The molecule has 134 valence electrons.